The first-order chi connectivity index (χ1) is 11.9. The van der Waals surface area contributed by atoms with Crippen molar-refractivity contribution < 1.29 is 13.9 Å². The molecule has 1 aliphatic carbocycles. The number of primary amides is 1. The van der Waals surface area contributed by atoms with Gasteiger partial charge in [0.05, 0.1) is 12.6 Å². The molecule has 0 bridgehead atoms. The lowest BCUT2D eigenvalue weighted by Gasteiger charge is -2.52. The average Bonchev–Trinajstić information content (AvgIpc) is 3.05. The number of carbonyl (C=O) groups is 1. The van der Waals surface area contributed by atoms with E-state index >= 15 is 0 Å². The van der Waals surface area contributed by atoms with E-state index < -0.39 is 5.91 Å². The zero-order valence-electron chi connectivity index (χ0n) is 16.0. The minimum Gasteiger partial charge on any atom is -0.454 e. The van der Waals surface area contributed by atoms with E-state index in [1.807, 2.05) is 0 Å². The minimum atomic E-state index is -0.570. The van der Waals surface area contributed by atoms with Gasteiger partial charge in [0.15, 0.2) is 11.7 Å². The molecule has 2 atom stereocenters. The molecule has 1 fully saturated rings. The summed E-state index contributed by atoms with van der Waals surface area (Å²) in [4.78, 5) is 15.3. The van der Waals surface area contributed by atoms with Gasteiger partial charge < -0.3 is 25.5 Å². The van der Waals surface area contributed by atoms with Gasteiger partial charge >= 0.3 is 0 Å². The van der Waals surface area contributed by atoms with E-state index in [1.165, 1.54) is 0 Å². The summed E-state index contributed by atoms with van der Waals surface area (Å²) in [6.07, 6.45) is 3.49. The lowest BCUT2D eigenvalue weighted by atomic mass is 9.64. The molecule has 4 N–H and O–H groups in total. The maximum absolute atomic E-state index is 11.1. The van der Waals surface area contributed by atoms with Crippen LogP contribution in [-0.2, 0) is 11.3 Å². The van der Waals surface area contributed by atoms with Crippen LogP contribution >= 0.6 is 24.0 Å². The van der Waals surface area contributed by atoms with Crippen molar-refractivity contribution in [3.63, 3.8) is 0 Å². The largest absolute Gasteiger partial charge is 0.454 e. The Morgan fingerprint density at radius 2 is 2.19 bits per heavy atom. The molecule has 148 valence electrons. The Hall–Kier alpha value is -1.29. The monoisotopic (exact) mass is 478 g/mol. The normalized spacial score (nSPS) is 21.5. The van der Waals surface area contributed by atoms with Crippen molar-refractivity contribution in [2.75, 3.05) is 13.7 Å². The van der Waals surface area contributed by atoms with Gasteiger partial charge in [-0.15, -0.1) is 24.0 Å². The van der Waals surface area contributed by atoms with Crippen LogP contribution in [0.3, 0.4) is 0 Å². The Bertz CT molecular complexity index is 615. The van der Waals surface area contributed by atoms with Crippen molar-refractivity contribution >= 4 is 35.8 Å². The number of nitrogens with one attached hydrogen (secondary N) is 2. The van der Waals surface area contributed by atoms with Crippen molar-refractivity contribution in [1.82, 2.24) is 10.6 Å². The topological polar surface area (TPSA) is 102 Å². The van der Waals surface area contributed by atoms with Crippen molar-refractivity contribution in [3.8, 4) is 0 Å². The number of halogens is 1. The lowest BCUT2D eigenvalue weighted by molar-refractivity contribution is -0.113. The van der Waals surface area contributed by atoms with Crippen LogP contribution in [0.4, 0.5) is 0 Å². The number of unbranched alkanes of at least 4 members (excludes halogenated alkanes) is 1. The summed E-state index contributed by atoms with van der Waals surface area (Å²) in [6.45, 7) is 7.84. The number of nitrogens with zero attached hydrogens (tertiary/aromatic N) is 1. The van der Waals surface area contributed by atoms with Gasteiger partial charge in [0.25, 0.3) is 5.91 Å². The molecule has 7 nitrogen and oxygen atoms in total. The number of nitrogens with two attached hydrogens (primary N) is 1. The molecule has 1 saturated carbocycles. The van der Waals surface area contributed by atoms with E-state index in [9.17, 15) is 4.79 Å². The van der Waals surface area contributed by atoms with Crippen LogP contribution in [0.1, 0.15) is 56.3 Å². The molecule has 26 heavy (non-hydrogen) atoms. The summed E-state index contributed by atoms with van der Waals surface area (Å²) >= 11 is 0. The first-order valence-corrected chi connectivity index (χ1v) is 8.85. The molecular formula is C18H31IN4O3. The van der Waals surface area contributed by atoms with E-state index in [0.29, 0.717) is 24.3 Å². The van der Waals surface area contributed by atoms with Gasteiger partial charge in [0.1, 0.15) is 5.76 Å². The summed E-state index contributed by atoms with van der Waals surface area (Å²) in [6, 6.07) is 3.59. The molecule has 1 heterocycles. The molecule has 1 aromatic rings. The fraction of sp³-hybridized carbons (Fsp3) is 0.667. The first-order valence-electron chi connectivity index (χ1n) is 8.85. The highest BCUT2D eigenvalue weighted by Crippen LogP contribution is 2.42. The van der Waals surface area contributed by atoms with E-state index in [1.54, 1.807) is 19.2 Å². The molecule has 0 aliphatic heterocycles. The second-order valence-electron chi connectivity index (χ2n) is 7.02. The highest BCUT2D eigenvalue weighted by atomic mass is 127. The first kappa shape index (κ1) is 22.8. The average molecular weight is 478 g/mol. The van der Waals surface area contributed by atoms with E-state index in [4.69, 9.17) is 14.9 Å². The third-order valence-electron chi connectivity index (χ3n) is 4.86. The third kappa shape index (κ3) is 5.60. The Balaban J connectivity index is 0.00000338. The van der Waals surface area contributed by atoms with Crippen LogP contribution in [0.25, 0.3) is 0 Å². The molecule has 8 heteroatoms. The van der Waals surface area contributed by atoms with Gasteiger partial charge in [-0.2, -0.15) is 0 Å². The van der Waals surface area contributed by atoms with Gasteiger partial charge in [-0.05, 0) is 25.0 Å². The zero-order valence-corrected chi connectivity index (χ0v) is 18.3. The number of aliphatic imine (C=N–C) groups is 1. The number of ether oxygens (including phenoxy) is 1. The standard InChI is InChI=1S/C18H30N4O3.HI/c1-5-6-9-24-15-10-14(18(15,2)3)22-17(20-4)21-11-12-7-8-13(25-12)16(19)23;/h7-8,14-15H,5-6,9-11H2,1-4H3,(H2,19,23)(H2,20,21,22);1H. The van der Waals surface area contributed by atoms with Crippen LogP contribution in [0.5, 0.6) is 0 Å². The predicted molar refractivity (Wildman–Crippen MR) is 113 cm³/mol. The number of amides is 1. The number of hydrogen-bond donors (Lipinski definition) is 3. The lowest BCUT2D eigenvalue weighted by Crippen LogP contribution is -2.63. The van der Waals surface area contributed by atoms with E-state index in [2.05, 4.69) is 36.4 Å². The molecule has 1 amide bonds. The molecular weight excluding hydrogens is 447 g/mol. The van der Waals surface area contributed by atoms with Crippen LogP contribution in [-0.4, -0.2) is 37.7 Å². The number of guanidine groups is 1. The molecule has 1 aliphatic rings. The Morgan fingerprint density at radius 1 is 1.46 bits per heavy atom. The maximum atomic E-state index is 11.1. The van der Waals surface area contributed by atoms with Crippen molar-refractivity contribution in [2.45, 2.75) is 58.7 Å². The third-order valence-corrected chi connectivity index (χ3v) is 4.86. The van der Waals surface area contributed by atoms with Crippen molar-refractivity contribution in [2.24, 2.45) is 16.1 Å². The van der Waals surface area contributed by atoms with Gasteiger partial charge in [0.2, 0.25) is 0 Å². The SMILES string of the molecule is CCCCOC1CC(NC(=NC)NCc2ccc(C(N)=O)o2)C1(C)C.I. The summed E-state index contributed by atoms with van der Waals surface area (Å²) < 4.78 is 11.3. The molecule has 0 aromatic carbocycles. The Morgan fingerprint density at radius 3 is 2.73 bits per heavy atom. The summed E-state index contributed by atoms with van der Waals surface area (Å²) in [5.41, 5.74) is 5.24. The fourth-order valence-corrected chi connectivity index (χ4v) is 2.92. The van der Waals surface area contributed by atoms with E-state index in [-0.39, 0.29) is 41.3 Å². The summed E-state index contributed by atoms with van der Waals surface area (Å²) in [7, 11) is 1.73. The Labute approximate surface area is 172 Å². The molecule has 0 saturated heterocycles. The molecule has 0 spiro atoms. The fourth-order valence-electron chi connectivity index (χ4n) is 2.92. The smallest absolute Gasteiger partial charge is 0.284 e. The van der Waals surface area contributed by atoms with Crippen LogP contribution in [0.2, 0.25) is 0 Å². The molecule has 2 unspecified atom stereocenters. The number of furan rings is 1. The van der Waals surface area contributed by atoms with Crippen LogP contribution < -0.4 is 16.4 Å². The van der Waals surface area contributed by atoms with Gasteiger partial charge in [-0.25, -0.2) is 0 Å². The van der Waals surface area contributed by atoms with Gasteiger partial charge in [-0.1, -0.05) is 27.2 Å². The highest BCUT2D eigenvalue weighted by Gasteiger charge is 2.49. The van der Waals surface area contributed by atoms with Crippen LogP contribution in [0.15, 0.2) is 21.5 Å². The van der Waals surface area contributed by atoms with E-state index in [0.717, 1.165) is 25.9 Å². The molecule has 0 radical (unpaired) electrons. The number of rotatable bonds is 8. The van der Waals surface area contributed by atoms with Crippen molar-refractivity contribution in [3.05, 3.63) is 23.7 Å². The Kier molecular flexibility index (Phi) is 8.88. The second kappa shape index (κ2) is 10.1. The summed E-state index contributed by atoms with van der Waals surface area (Å²) in [5, 5.41) is 6.63. The molecule has 2 rings (SSSR count). The quantitative estimate of drug-likeness (QED) is 0.231. The van der Waals surface area contributed by atoms with Gasteiger partial charge in [-0.3, -0.25) is 9.79 Å². The number of carbonyl (C=O) groups excluding carboxylic acids is 1. The zero-order chi connectivity index (χ0) is 18.4. The highest BCUT2D eigenvalue weighted by molar-refractivity contribution is 14.0. The van der Waals surface area contributed by atoms with Gasteiger partial charge in [0, 0.05) is 25.1 Å². The van der Waals surface area contributed by atoms with Crippen molar-refractivity contribution in [1.29, 1.82) is 0 Å². The number of hydrogen-bond acceptors (Lipinski definition) is 4. The van der Waals surface area contributed by atoms with Crippen LogP contribution in [0, 0.1) is 5.41 Å². The minimum absolute atomic E-state index is 0. The summed E-state index contributed by atoms with van der Waals surface area (Å²) in [5.74, 6) is 0.915. The maximum Gasteiger partial charge on any atom is 0.284 e. The predicted octanol–water partition coefficient (Wildman–Crippen LogP) is 2.65. The molecule has 1 aromatic heterocycles. The second-order valence-corrected chi connectivity index (χ2v) is 7.02.